The van der Waals surface area contributed by atoms with Crippen LogP contribution in [0, 0.1) is 0 Å². The van der Waals surface area contributed by atoms with Crippen LogP contribution in [-0.4, -0.2) is 0 Å². The Bertz CT molecular complexity index is 21.3. The molecule has 16 heavy (non-hydrogen) atoms. The third kappa shape index (κ3) is 144. The third-order valence-corrected chi connectivity index (χ3v) is 0. The first-order chi connectivity index (χ1) is 0. The summed E-state index contributed by atoms with van der Waals surface area (Å²) in [4.78, 5) is 0. The fourth-order valence-electron chi connectivity index (χ4n) is 0. The van der Waals surface area contributed by atoms with E-state index in [1.165, 1.54) is 0 Å². The van der Waals surface area contributed by atoms with Gasteiger partial charge in [0, 0.05) is 0 Å². The molecule has 0 aromatic carbocycles. The number of hydrogen-bond acceptors (Lipinski definition) is 0. The molecule has 16 heteroatoms. The van der Waals surface area contributed by atoms with Gasteiger partial charge in [0.15, 0.2) is 0 Å². The smallest absolute Gasteiger partial charge is 3.00 e. The van der Waals surface area contributed by atoms with Gasteiger partial charge in [-0.15, -0.1) is 0 Å². The quantitative estimate of drug-likeness (QED) is 0.173. The zero-order valence-electron chi connectivity index (χ0n) is 7.20. The summed E-state index contributed by atoms with van der Waals surface area (Å²) < 4.78 is 0. The Balaban J connectivity index is 0. The van der Waals surface area contributed by atoms with Gasteiger partial charge in [-0.25, -0.2) is 0 Å². The predicted octanol–water partition coefficient (Wildman–Crippen LogP) is 8.60. The molecule has 0 saturated heterocycles. The maximum atomic E-state index is 0. The maximum Gasteiger partial charge on any atom is 6.00 e. The van der Waals surface area contributed by atoms with Crippen LogP contribution in [0.3, 0.4) is 0 Å². The van der Waals surface area contributed by atoms with Crippen LogP contribution in [0.25, 0.3) is 0 Å². The van der Waals surface area contributed by atoms with Gasteiger partial charge in [-0.2, -0.15) is 0 Å². The molecular formula is Mo3P10Ti3. The van der Waals surface area contributed by atoms with Gasteiger partial charge in [-0.05, 0) is 0 Å². The molecule has 0 N–H and O–H groups in total. The second-order valence-corrected chi connectivity index (χ2v) is 0. The van der Waals surface area contributed by atoms with Crippen LogP contribution in [0.5, 0.6) is 0 Å². The Kier molecular flexibility index (Phi) is 1920. The van der Waals surface area contributed by atoms with Gasteiger partial charge in [0.05, 0.1) is 0 Å². The van der Waals surface area contributed by atoms with Gasteiger partial charge >= 0.3 is 128 Å². The summed E-state index contributed by atoms with van der Waals surface area (Å²) in [5.74, 6) is 0. The van der Waals surface area contributed by atoms with Crippen molar-refractivity contribution < 1.29 is 128 Å². The molecule has 0 spiro atoms. The molecule has 0 unspecified atom stereocenters. The van der Waals surface area contributed by atoms with E-state index >= 15 is 0 Å². The number of rotatable bonds is 0. The molecule has 80 valence electrons. The van der Waals surface area contributed by atoms with E-state index in [4.69, 9.17) is 0 Å². The second-order valence-electron chi connectivity index (χ2n) is 0. The molecule has 0 aliphatic rings. The van der Waals surface area contributed by atoms with Crippen molar-refractivity contribution in [3.05, 3.63) is 0 Å². The summed E-state index contributed by atoms with van der Waals surface area (Å²) in [5.41, 5.74) is 0. The summed E-state index contributed by atoms with van der Waals surface area (Å²) >= 11 is 0. The summed E-state index contributed by atoms with van der Waals surface area (Å²) in [6.45, 7) is 0. The Morgan fingerprint density at radius 1 is 0.188 bits per heavy atom. The Labute approximate surface area is 223 Å². The molecule has 0 aliphatic carbocycles. The van der Waals surface area contributed by atoms with Gasteiger partial charge in [-0.1, -0.05) is 0 Å². The van der Waals surface area contributed by atoms with Crippen molar-refractivity contribution in [3.8, 4) is 0 Å². The monoisotopic (exact) mass is 747 g/mol. The van der Waals surface area contributed by atoms with Gasteiger partial charge < -0.3 is 99.0 Å². The predicted molar refractivity (Wildman–Crippen MR) is 69.2 cm³/mol. The topological polar surface area (TPSA) is 0 Å². The van der Waals surface area contributed by atoms with Crippen LogP contribution >= 0.6 is 99.0 Å². The van der Waals surface area contributed by atoms with Crippen LogP contribution in [-0.2, 0) is 128 Å². The second kappa shape index (κ2) is 165. The molecule has 0 aliphatic heterocycles. The summed E-state index contributed by atoms with van der Waals surface area (Å²) in [7, 11) is 0. The minimum Gasteiger partial charge on any atom is -3.00 e. The molecule has 0 atom stereocenters. The normalized spacial score (nSPS) is 0. The van der Waals surface area contributed by atoms with Gasteiger partial charge in [0.1, 0.15) is 0 Å². The van der Waals surface area contributed by atoms with E-state index < -0.39 is 0 Å². The number of hydrogen-bond donors (Lipinski definition) is 0. The Morgan fingerprint density at radius 3 is 0.188 bits per heavy atom. The van der Waals surface area contributed by atoms with E-state index in [1.54, 1.807) is 0 Å². The van der Waals surface area contributed by atoms with Crippen molar-refractivity contribution in [1.82, 2.24) is 0 Å². The van der Waals surface area contributed by atoms with Crippen molar-refractivity contribution in [2.75, 3.05) is 0 Å². The average molecular weight is 741 g/mol. The van der Waals surface area contributed by atoms with Crippen LogP contribution in [0.15, 0.2) is 0 Å². The fraction of sp³-hybridized carbons (Fsp3) is 0. The summed E-state index contributed by atoms with van der Waals surface area (Å²) in [5, 5.41) is 0. The molecule has 0 radical (unpaired) electrons. The maximum absolute atomic E-state index is 0. The van der Waals surface area contributed by atoms with Crippen LogP contribution in [0.4, 0.5) is 0 Å². The van der Waals surface area contributed by atoms with E-state index in [9.17, 15) is 0 Å². The molecule has 0 nitrogen and oxygen atoms in total. The first-order valence-corrected chi connectivity index (χ1v) is 0. The van der Waals surface area contributed by atoms with Gasteiger partial charge in [0.2, 0.25) is 0 Å². The zero-order chi connectivity index (χ0) is 0. The molecule has 0 rings (SSSR count). The van der Waals surface area contributed by atoms with Crippen molar-refractivity contribution in [2.45, 2.75) is 0 Å². The molecule has 0 bridgehead atoms. The molecular weight excluding hydrogens is 741 g/mol. The van der Waals surface area contributed by atoms with E-state index in [1.807, 2.05) is 0 Å². The first-order valence-electron chi connectivity index (χ1n) is 0. The SMILES string of the molecule is [Mo+6].[Mo+6].[Mo+6].[P-3].[P-3].[P-3].[P-3].[P-3].[P-3].[P-3].[P-3].[P-3].[P-3].[Ti+4].[Ti+4].[Ti+4]. The van der Waals surface area contributed by atoms with E-state index in [2.05, 4.69) is 0 Å². The van der Waals surface area contributed by atoms with E-state index in [0.717, 1.165) is 0 Å². The van der Waals surface area contributed by atoms with Gasteiger partial charge in [-0.3, -0.25) is 0 Å². The minimum absolute atomic E-state index is 0. The Hall–Kier alpha value is 8.51. The Morgan fingerprint density at radius 2 is 0.188 bits per heavy atom. The van der Waals surface area contributed by atoms with Crippen molar-refractivity contribution in [1.29, 1.82) is 0 Å². The fourth-order valence-corrected chi connectivity index (χ4v) is 0. The zero-order valence-corrected chi connectivity index (χ0v) is 26.8. The minimum atomic E-state index is 0. The van der Waals surface area contributed by atoms with Crippen molar-refractivity contribution in [3.63, 3.8) is 0 Å². The molecule has 0 aromatic heterocycles. The van der Waals surface area contributed by atoms with E-state index in [0.29, 0.717) is 0 Å². The average Bonchev–Trinajstić information content (AvgIpc) is 0. The van der Waals surface area contributed by atoms with Crippen LogP contribution < -0.4 is 0 Å². The molecule has 0 heterocycles. The van der Waals surface area contributed by atoms with E-state index in [-0.39, 0.29) is 227 Å². The van der Waals surface area contributed by atoms with Crippen LogP contribution in [0.2, 0.25) is 0 Å². The molecule has 0 aromatic rings. The largest absolute Gasteiger partial charge is 6.00 e. The third-order valence-electron chi connectivity index (χ3n) is 0. The van der Waals surface area contributed by atoms with Crippen molar-refractivity contribution in [2.24, 2.45) is 0 Å². The van der Waals surface area contributed by atoms with Gasteiger partial charge in [0.25, 0.3) is 0 Å². The summed E-state index contributed by atoms with van der Waals surface area (Å²) in [6, 6.07) is 0. The van der Waals surface area contributed by atoms with Crippen LogP contribution in [0.1, 0.15) is 0 Å². The standard InChI is InChI=1S/3Mo.10P.3Ti/q3*+6;10*-3;3*+4. The molecule has 0 saturated carbocycles. The van der Waals surface area contributed by atoms with Crippen molar-refractivity contribution >= 4 is 99.0 Å². The summed E-state index contributed by atoms with van der Waals surface area (Å²) in [6.07, 6.45) is 0. The molecule has 0 fully saturated rings. The molecule has 0 amide bonds. The first kappa shape index (κ1) is 187.